The number of aryl methyl sites for hydroxylation is 1. The summed E-state index contributed by atoms with van der Waals surface area (Å²) in [6, 6.07) is 5.12. The topological polar surface area (TPSA) is 97.7 Å². The molecule has 0 aliphatic heterocycles. The van der Waals surface area contributed by atoms with Crippen molar-refractivity contribution in [3.63, 3.8) is 0 Å². The number of ketones is 2. The predicted octanol–water partition coefficient (Wildman–Crippen LogP) is 3.09. The lowest BCUT2D eigenvalue weighted by Gasteiger charge is -2.45. The van der Waals surface area contributed by atoms with Crippen molar-refractivity contribution < 1.29 is 27.3 Å². The molecule has 0 aromatic heterocycles. The molecule has 28 heavy (non-hydrogen) atoms. The molecule has 2 bridgehead atoms. The zero-order valence-corrected chi connectivity index (χ0v) is 17.2. The fraction of sp³-hybridized carbons (Fsp3) is 0.619. The quantitative estimate of drug-likeness (QED) is 0.772. The summed E-state index contributed by atoms with van der Waals surface area (Å²) in [5, 5.41) is -1.39. The Morgan fingerprint density at radius 1 is 1.21 bits per heavy atom. The van der Waals surface area contributed by atoms with Gasteiger partial charge in [-0.1, -0.05) is 13.8 Å². The van der Waals surface area contributed by atoms with Crippen LogP contribution in [0.2, 0.25) is 0 Å². The molecule has 152 valence electrons. The maximum atomic E-state index is 13.3. The zero-order chi connectivity index (χ0) is 20.5. The normalized spacial score (nSPS) is 32.3. The predicted molar refractivity (Wildman–Crippen MR) is 103 cm³/mol. The van der Waals surface area contributed by atoms with Crippen LogP contribution in [0.25, 0.3) is 0 Å². The molecule has 3 aliphatic rings. The van der Waals surface area contributed by atoms with Gasteiger partial charge in [-0.25, -0.2) is 0 Å². The fourth-order valence-electron chi connectivity index (χ4n) is 6.26. The third-order valence-electron chi connectivity index (χ3n) is 7.80. The van der Waals surface area contributed by atoms with E-state index in [2.05, 4.69) is 0 Å². The van der Waals surface area contributed by atoms with Crippen molar-refractivity contribution in [3.05, 3.63) is 29.3 Å². The molecule has 1 aromatic rings. The molecule has 7 heteroatoms. The molecule has 0 heterocycles. The number of carbonyl (C=O) groups excluding carboxylic acids is 2. The Morgan fingerprint density at radius 3 is 2.46 bits per heavy atom. The van der Waals surface area contributed by atoms with Crippen LogP contribution in [0.3, 0.4) is 0 Å². The van der Waals surface area contributed by atoms with Gasteiger partial charge in [0.25, 0.3) is 10.1 Å². The first-order chi connectivity index (χ1) is 13.0. The first kappa shape index (κ1) is 19.6. The van der Waals surface area contributed by atoms with E-state index < -0.39 is 32.1 Å². The van der Waals surface area contributed by atoms with Gasteiger partial charge in [0.15, 0.2) is 5.78 Å². The zero-order valence-electron chi connectivity index (χ0n) is 16.4. The van der Waals surface area contributed by atoms with E-state index in [1.165, 1.54) is 0 Å². The third-order valence-corrected chi connectivity index (χ3v) is 9.17. The second-order valence-corrected chi connectivity index (χ2v) is 10.6. The summed E-state index contributed by atoms with van der Waals surface area (Å²) < 4.78 is 40.7. The molecule has 4 atom stereocenters. The Morgan fingerprint density at radius 2 is 1.93 bits per heavy atom. The summed E-state index contributed by atoms with van der Waals surface area (Å²) in [7, 11) is -3.06. The van der Waals surface area contributed by atoms with Gasteiger partial charge in [0, 0.05) is 17.9 Å². The smallest absolute Gasteiger partial charge is 0.269 e. The van der Waals surface area contributed by atoms with Crippen molar-refractivity contribution in [1.82, 2.24) is 0 Å². The second kappa shape index (κ2) is 6.13. The van der Waals surface area contributed by atoms with Gasteiger partial charge in [0.1, 0.15) is 16.8 Å². The molecular formula is C21H26O6S. The minimum absolute atomic E-state index is 0.0968. The van der Waals surface area contributed by atoms with E-state index in [1.54, 1.807) is 25.3 Å². The van der Waals surface area contributed by atoms with Gasteiger partial charge in [-0.3, -0.25) is 14.1 Å². The Balaban J connectivity index is 1.83. The van der Waals surface area contributed by atoms with E-state index in [4.69, 9.17) is 4.74 Å². The van der Waals surface area contributed by atoms with Crippen molar-refractivity contribution in [3.8, 4) is 5.75 Å². The highest BCUT2D eigenvalue weighted by Crippen LogP contribution is 2.67. The molecule has 0 radical (unpaired) electrons. The molecule has 0 saturated heterocycles. The number of hydrogen-bond acceptors (Lipinski definition) is 5. The fourth-order valence-corrected chi connectivity index (χ4v) is 8.00. The van der Waals surface area contributed by atoms with Gasteiger partial charge < -0.3 is 4.74 Å². The first-order valence-electron chi connectivity index (χ1n) is 9.75. The van der Waals surface area contributed by atoms with Crippen LogP contribution >= 0.6 is 0 Å². The van der Waals surface area contributed by atoms with Crippen LogP contribution in [0.15, 0.2) is 18.2 Å². The van der Waals surface area contributed by atoms with E-state index in [0.717, 1.165) is 12.0 Å². The van der Waals surface area contributed by atoms with Crippen molar-refractivity contribution in [1.29, 1.82) is 0 Å². The van der Waals surface area contributed by atoms with Crippen LogP contribution in [0.4, 0.5) is 0 Å². The Hall–Kier alpha value is -1.73. The van der Waals surface area contributed by atoms with Crippen LogP contribution < -0.4 is 4.74 Å². The van der Waals surface area contributed by atoms with Gasteiger partial charge in [-0.05, 0) is 60.8 Å². The third kappa shape index (κ3) is 2.45. The number of methoxy groups -OCH3 is 1. The molecule has 0 amide bonds. The lowest BCUT2D eigenvalue weighted by molar-refractivity contribution is -0.130. The minimum Gasteiger partial charge on any atom is -0.497 e. The van der Waals surface area contributed by atoms with Crippen LogP contribution in [0, 0.1) is 22.7 Å². The van der Waals surface area contributed by atoms with Crippen LogP contribution in [-0.2, 0) is 21.3 Å². The summed E-state index contributed by atoms with van der Waals surface area (Å²) in [5.41, 5.74) is -0.492. The average molecular weight is 407 g/mol. The molecule has 4 rings (SSSR count). The molecular weight excluding hydrogens is 380 g/mol. The van der Waals surface area contributed by atoms with E-state index in [1.807, 2.05) is 13.8 Å². The van der Waals surface area contributed by atoms with Gasteiger partial charge in [-0.15, -0.1) is 0 Å². The number of Topliss-reactive ketones (excluding diaryl/α,β-unsaturated/α-hetero) is 2. The van der Waals surface area contributed by atoms with Crippen LogP contribution in [-0.4, -0.2) is 36.9 Å². The van der Waals surface area contributed by atoms with Crippen LogP contribution in [0.5, 0.6) is 5.75 Å². The van der Waals surface area contributed by atoms with Gasteiger partial charge in [-0.2, -0.15) is 8.42 Å². The Labute approximate surface area is 165 Å². The number of rotatable bonds is 4. The van der Waals surface area contributed by atoms with E-state index in [-0.39, 0.29) is 17.5 Å². The second-order valence-electron chi connectivity index (χ2n) is 9.02. The Kier molecular flexibility index (Phi) is 4.29. The molecule has 1 aromatic carbocycles. The number of carbonyl (C=O) groups is 2. The molecule has 2 fully saturated rings. The van der Waals surface area contributed by atoms with E-state index >= 15 is 0 Å². The van der Waals surface area contributed by atoms with Crippen molar-refractivity contribution in [2.75, 3.05) is 7.11 Å². The maximum absolute atomic E-state index is 13.3. The summed E-state index contributed by atoms with van der Waals surface area (Å²) in [6.45, 7) is 3.83. The highest BCUT2D eigenvalue weighted by Gasteiger charge is 2.71. The summed E-state index contributed by atoms with van der Waals surface area (Å²) in [4.78, 5) is 26.4. The largest absolute Gasteiger partial charge is 0.497 e. The van der Waals surface area contributed by atoms with Gasteiger partial charge in [0.05, 0.1) is 12.5 Å². The first-order valence-corrected chi connectivity index (χ1v) is 11.2. The van der Waals surface area contributed by atoms with Crippen molar-refractivity contribution in [2.45, 2.75) is 51.2 Å². The van der Waals surface area contributed by atoms with Crippen molar-refractivity contribution >= 4 is 21.7 Å². The average Bonchev–Trinajstić information content (AvgIpc) is 2.97. The highest BCUT2D eigenvalue weighted by atomic mass is 32.2. The van der Waals surface area contributed by atoms with Gasteiger partial charge in [0.2, 0.25) is 0 Å². The van der Waals surface area contributed by atoms with E-state index in [9.17, 15) is 22.6 Å². The summed E-state index contributed by atoms with van der Waals surface area (Å²) >= 11 is 0. The van der Waals surface area contributed by atoms with Crippen LogP contribution in [0.1, 0.15) is 55.5 Å². The molecule has 0 spiro atoms. The number of ether oxygens (including phenoxy) is 1. The lowest BCUT2D eigenvalue weighted by atomic mass is 9.62. The van der Waals surface area contributed by atoms with Gasteiger partial charge >= 0.3 is 0 Å². The summed E-state index contributed by atoms with van der Waals surface area (Å²) in [6.07, 6.45) is 2.28. The highest BCUT2D eigenvalue weighted by molar-refractivity contribution is 7.86. The standard InChI is InChI=1S/C21H26O6S/c1-20(2)13-8-9-21(20,17(22)11-13)19(28(24,25)26)16-6-4-12-10-14(27-3)5-7-15(12)18(16)23/h5,7,10,13,16,19H,4,6,8-9,11H2,1-3H3,(H,24,25,26). The molecule has 4 unspecified atom stereocenters. The Bertz CT molecular complexity index is 963. The van der Waals surface area contributed by atoms with Crippen molar-refractivity contribution in [2.24, 2.45) is 22.7 Å². The maximum Gasteiger partial charge on any atom is 0.269 e. The molecule has 6 nitrogen and oxygen atoms in total. The number of hydrogen-bond donors (Lipinski definition) is 1. The molecule has 1 N–H and O–H groups in total. The van der Waals surface area contributed by atoms with E-state index in [0.29, 0.717) is 37.0 Å². The summed E-state index contributed by atoms with van der Waals surface area (Å²) in [5.74, 6) is -0.610. The lowest BCUT2D eigenvalue weighted by Crippen LogP contribution is -2.55. The molecule has 2 saturated carbocycles. The SMILES string of the molecule is COc1ccc2c(c1)CCC(C(C13CCC(CC1=O)C3(C)C)S(=O)(=O)O)C2=O. The monoisotopic (exact) mass is 406 g/mol. The molecule has 3 aliphatic carbocycles. The number of fused-ring (bicyclic) bond motifs is 3. The number of benzene rings is 1. The minimum atomic E-state index is -4.61.